The van der Waals surface area contributed by atoms with E-state index >= 15 is 0 Å². The van der Waals surface area contributed by atoms with Gasteiger partial charge in [0.15, 0.2) is 0 Å². The molecule has 1 atom stereocenters. The van der Waals surface area contributed by atoms with Crippen molar-refractivity contribution in [3.05, 3.63) is 79.1 Å². The van der Waals surface area contributed by atoms with E-state index in [0.29, 0.717) is 46.7 Å². The Morgan fingerprint density at radius 2 is 1.91 bits per heavy atom. The summed E-state index contributed by atoms with van der Waals surface area (Å²) in [6, 6.07) is 16.2. The number of likely N-dealkylation sites (tertiary alicyclic amines) is 1. The number of carbonyl (C=O) groups excluding carboxylic acids is 1. The van der Waals surface area contributed by atoms with Crippen molar-refractivity contribution in [2.75, 3.05) is 13.1 Å². The summed E-state index contributed by atoms with van der Waals surface area (Å²) in [5, 5.41) is 25.7. The van der Waals surface area contributed by atoms with E-state index in [1.807, 2.05) is 28.9 Å². The van der Waals surface area contributed by atoms with Crippen LogP contribution in [0.3, 0.4) is 0 Å². The maximum absolute atomic E-state index is 12.2. The number of aromatic nitrogens is 3. The quantitative estimate of drug-likeness (QED) is 0.424. The number of benzene rings is 2. The smallest absolute Gasteiger partial charge is 0.246 e. The summed E-state index contributed by atoms with van der Waals surface area (Å²) in [6.45, 7) is 4.74. The van der Waals surface area contributed by atoms with Crippen LogP contribution in [0.1, 0.15) is 24.4 Å². The van der Waals surface area contributed by atoms with Gasteiger partial charge in [0.2, 0.25) is 5.91 Å². The highest BCUT2D eigenvalue weighted by atomic mass is 16.5. The Kier molecular flexibility index (Phi) is 5.90. The average molecular weight is 466 g/mol. The summed E-state index contributed by atoms with van der Waals surface area (Å²) in [4.78, 5) is 18.0. The number of fused-ring (bicyclic) bond motifs is 1. The van der Waals surface area contributed by atoms with E-state index in [1.165, 1.54) is 12.1 Å². The Labute approximate surface area is 202 Å². The number of amides is 1. The number of hydrogen-bond donors (Lipinski definition) is 1. The number of ether oxygens (including phenoxy) is 1. The molecule has 5 rings (SSSR count). The van der Waals surface area contributed by atoms with Crippen molar-refractivity contribution >= 4 is 16.8 Å². The predicted molar refractivity (Wildman–Crippen MR) is 131 cm³/mol. The first-order chi connectivity index (χ1) is 17.1. The lowest BCUT2D eigenvalue weighted by Gasteiger charge is -2.32. The molecule has 174 valence electrons. The minimum atomic E-state index is -0.116. The van der Waals surface area contributed by atoms with E-state index < -0.39 is 0 Å². The highest BCUT2D eigenvalue weighted by Gasteiger charge is 2.28. The molecule has 4 aromatic rings. The molecular weight excluding hydrogens is 442 g/mol. The molecule has 1 saturated heterocycles. The van der Waals surface area contributed by atoms with Gasteiger partial charge in [-0.1, -0.05) is 6.58 Å². The van der Waals surface area contributed by atoms with Crippen molar-refractivity contribution in [2.45, 2.75) is 18.9 Å². The number of pyridine rings is 1. The van der Waals surface area contributed by atoms with Crippen LogP contribution in [0.5, 0.6) is 17.2 Å². The van der Waals surface area contributed by atoms with Gasteiger partial charge in [-0.05, 0) is 67.4 Å². The molecule has 0 saturated carbocycles. The molecule has 2 aromatic carbocycles. The first-order valence-electron chi connectivity index (χ1n) is 11.3. The van der Waals surface area contributed by atoms with Gasteiger partial charge in [0, 0.05) is 36.4 Å². The molecule has 3 heterocycles. The number of aromatic hydroxyl groups is 1. The van der Waals surface area contributed by atoms with Crippen LogP contribution in [-0.4, -0.2) is 43.8 Å². The van der Waals surface area contributed by atoms with E-state index in [9.17, 15) is 15.2 Å². The van der Waals surface area contributed by atoms with Gasteiger partial charge >= 0.3 is 0 Å². The Morgan fingerprint density at radius 1 is 1.17 bits per heavy atom. The van der Waals surface area contributed by atoms with Crippen molar-refractivity contribution in [1.29, 1.82) is 5.26 Å². The molecule has 0 unspecified atom stereocenters. The molecule has 0 aliphatic carbocycles. The number of phenolic OH excluding ortho intramolecular Hbond substituents is 1. The van der Waals surface area contributed by atoms with Crippen molar-refractivity contribution in [3.8, 4) is 34.6 Å². The lowest BCUT2D eigenvalue weighted by Crippen LogP contribution is -2.40. The first kappa shape index (κ1) is 22.2. The van der Waals surface area contributed by atoms with Crippen LogP contribution < -0.4 is 4.74 Å². The minimum absolute atomic E-state index is 0.000374. The van der Waals surface area contributed by atoms with Crippen molar-refractivity contribution < 1.29 is 14.6 Å². The fourth-order valence-electron chi connectivity index (χ4n) is 4.53. The third-order valence-electron chi connectivity index (χ3n) is 6.15. The van der Waals surface area contributed by atoms with E-state index in [0.717, 1.165) is 18.4 Å². The first-order valence-corrected chi connectivity index (χ1v) is 11.3. The minimum Gasteiger partial charge on any atom is -0.508 e. The lowest BCUT2D eigenvalue weighted by atomic mass is 10.0. The van der Waals surface area contributed by atoms with Crippen molar-refractivity contribution in [1.82, 2.24) is 19.7 Å². The number of hydrogen-bond acceptors (Lipinski definition) is 6. The Balaban J connectivity index is 1.56. The van der Waals surface area contributed by atoms with Gasteiger partial charge in [-0.3, -0.25) is 14.5 Å². The summed E-state index contributed by atoms with van der Waals surface area (Å²) in [7, 11) is 0. The number of phenols is 1. The topological polar surface area (TPSA) is 104 Å². The monoisotopic (exact) mass is 465 g/mol. The van der Waals surface area contributed by atoms with Gasteiger partial charge in [-0.25, -0.2) is 0 Å². The predicted octanol–water partition coefficient (Wildman–Crippen LogP) is 4.82. The number of nitrogens with zero attached hydrogens (tertiary/aromatic N) is 5. The van der Waals surface area contributed by atoms with Crippen molar-refractivity contribution in [2.24, 2.45) is 0 Å². The molecule has 1 fully saturated rings. The van der Waals surface area contributed by atoms with Gasteiger partial charge in [-0.15, -0.1) is 0 Å². The van der Waals surface area contributed by atoms with E-state index in [-0.39, 0.29) is 17.7 Å². The molecule has 8 heteroatoms. The summed E-state index contributed by atoms with van der Waals surface area (Å²) < 4.78 is 7.70. The van der Waals surface area contributed by atoms with Gasteiger partial charge in [0.1, 0.15) is 29.0 Å². The highest BCUT2D eigenvalue weighted by molar-refractivity contribution is 5.97. The van der Waals surface area contributed by atoms with E-state index in [2.05, 4.69) is 17.6 Å². The second-order valence-electron chi connectivity index (χ2n) is 8.39. The summed E-state index contributed by atoms with van der Waals surface area (Å²) in [5.74, 6) is 1.23. The zero-order chi connectivity index (χ0) is 24.4. The molecule has 2 aromatic heterocycles. The number of rotatable bonds is 5. The van der Waals surface area contributed by atoms with Crippen molar-refractivity contribution in [3.63, 3.8) is 0 Å². The van der Waals surface area contributed by atoms with Crippen LogP contribution in [-0.2, 0) is 4.79 Å². The lowest BCUT2D eigenvalue weighted by molar-refractivity contribution is -0.127. The maximum Gasteiger partial charge on any atom is 0.246 e. The Morgan fingerprint density at radius 3 is 2.63 bits per heavy atom. The second-order valence-corrected chi connectivity index (χ2v) is 8.39. The van der Waals surface area contributed by atoms with Crippen LogP contribution in [0.2, 0.25) is 0 Å². The summed E-state index contributed by atoms with van der Waals surface area (Å²) >= 11 is 0. The SMILES string of the molecule is C=CC(=O)N1CCC[C@@H](n2nc(-c3ccc(Oc4ccncc4)cc3)c3cc(O)cc(C#N)c32)C1. The maximum atomic E-state index is 12.2. The number of nitriles is 1. The molecule has 0 bridgehead atoms. The number of piperidine rings is 1. The Bertz CT molecular complexity index is 1440. The van der Waals surface area contributed by atoms with Gasteiger partial charge in [-0.2, -0.15) is 10.4 Å². The van der Waals surface area contributed by atoms with Gasteiger partial charge < -0.3 is 14.7 Å². The molecular formula is C27H23N5O3. The zero-order valence-electron chi connectivity index (χ0n) is 19.0. The second kappa shape index (κ2) is 9.31. The van der Waals surface area contributed by atoms with Gasteiger partial charge in [0.25, 0.3) is 0 Å². The average Bonchev–Trinajstić information content (AvgIpc) is 3.28. The molecule has 35 heavy (non-hydrogen) atoms. The summed E-state index contributed by atoms with van der Waals surface area (Å²) in [5.41, 5.74) is 2.45. The van der Waals surface area contributed by atoms with E-state index in [1.54, 1.807) is 35.5 Å². The molecule has 1 N–H and O–H groups in total. The molecule has 8 nitrogen and oxygen atoms in total. The zero-order valence-corrected chi connectivity index (χ0v) is 19.0. The molecule has 1 aliphatic heterocycles. The highest BCUT2D eigenvalue weighted by Crippen LogP contribution is 2.37. The van der Waals surface area contributed by atoms with Crippen LogP contribution >= 0.6 is 0 Å². The summed E-state index contributed by atoms with van der Waals surface area (Å²) in [6.07, 6.45) is 6.29. The molecule has 1 aliphatic rings. The van der Waals surface area contributed by atoms with Crippen LogP contribution in [0, 0.1) is 11.3 Å². The Hall–Kier alpha value is -4.64. The molecule has 1 amide bonds. The molecule has 0 radical (unpaired) electrons. The largest absolute Gasteiger partial charge is 0.508 e. The van der Waals surface area contributed by atoms with Crippen LogP contribution in [0.15, 0.2) is 73.6 Å². The van der Waals surface area contributed by atoms with Crippen LogP contribution in [0.25, 0.3) is 22.2 Å². The fourth-order valence-corrected chi connectivity index (χ4v) is 4.53. The van der Waals surface area contributed by atoms with Gasteiger partial charge in [0.05, 0.1) is 17.1 Å². The van der Waals surface area contributed by atoms with E-state index in [4.69, 9.17) is 9.84 Å². The normalized spacial score (nSPS) is 15.5. The third-order valence-corrected chi connectivity index (χ3v) is 6.15. The number of carbonyl (C=O) groups is 1. The molecule has 0 spiro atoms. The fraction of sp³-hybridized carbons (Fsp3) is 0.185. The van der Waals surface area contributed by atoms with Crippen LogP contribution in [0.4, 0.5) is 0 Å². The standard InChI is InChI=1S/C27H23N5O3/c1-2-25(34)31-13-3-4-20(17-31)32-27-19(16-28)14-21(33)15-24(27)26(30-32)18-5-7-22(8-6-18)35-23-9-11-29-12-10-23/h2,5-12,14-15,20,33H,1,3-4,13,17H2/t20-/m1/s1. The third kappa shape index (κ3) is 4.32.